The Bertz CT molecular complexity index is 728. The van der Waals surface area contributed by atoms with Crippen molar-refractivity contribution in [3.63, 3.8) is 0 Å². The molecule has 0 amide bonds. The summed E-state index contributed by atoms with van der Waals surface area (Å²) in [5.74, 6) is -0.115. The van der Waals surface area contributed by atoms with Gasteiger partial charge >= 0.3 is 5.97 Å². The minimum absolute atomic E-state index is 0.115. The molecule has 0 aromatic heterocycles. The Morgan fingerprint density at radius 1 is 1.09 bits per heavy atom. The molecule has 0 unspecified atom stereocenters. The van der Waals surface area contributed by atoms with Crippen LogP contribution in [0.2, 0.25) is 0 Å². The van der Waals surface area contributed by atoms with Crippen LogP contribution in [0.5, 0.6) is 0 Å². The molecule has 0 aliphatic heterocycles. The normalized spacial score (nSPS) is 15.5. The smallest absolute Gasteiger partial charge is 0.316 e. The molecule has 1 saturated carbocycles. The molecular weight excluding hydrogens is 340 g/mol. The second-order valence-electron chi connectivity index (χ2n) is 6.07. The van der Waals surface area contributed by atoms with E-state index in [0.29, 0.717) is 0 Å². The van der Waals surface area contributed by atoms with Gasteiger partial charge in [0, 0.05) is 4.47 Å². The first-order valence-electron chi connectivity index (χ1n) is 7.44. The Morgan fingerprint density at radius 3 is 2.27 bits per heavy atom. The van der Waals surface area contributed by atoms with Gasteiger partial charge in [-0.05, 0) is 60.6 Å². The number of hydrogen-bond acceptors (Lipinski definition) is 2. The molecule has 0 bridgehead atoms. The average Bonchev–Trinajstić information content (AvgIpc) is 3.32. The zero-order valence-corrected chi connectivity index (χ0v) is 14.7. The minimum atomic E-state index is -0.391. The van der Waals surface area contributed by atoms with Gasteiger partial charge in [0.2, 0.25) is 0 Å². The topological polar surface area (TPSA) is 26.3 Å². The Labute approximate surface area is 139 Å². The maximum absolute atomic E-state index is 12.0. The van der Waals surface area contributed by atoms with Gasteiger partial charge in [-0.3, -0.25) is 4.79 Å². The van der Waals surface area contributed by atoms with E-state index < -0.39 is 5.41 Å². The Morgan fingerprint density at radius 2 is 1.73 bits per heavy atom. The number of halogens is 1. The molecule has 3 rings (SSSR count). The summed E-state index contributed by atoms with van der Waals surface area (Å²) in [6, 6.07) is 12.7. The van der Waals surface area contributed by atoms with E-state index in [1.54, 1.807) is 0 Å². The molecule has 114 valence electrons. The van der Waals surface area contributed by atoms with Gasteiger partial charge in [0.15, 0.2) is 0 Å². The molecule has 0 heterocycles. The quantitative estimate of drug-likeness (QED) is 0.726. The molecule has 1 aliphatic rings. The van der Waals surface area contributed by atoms with Crippen molar-refractivity contribution >= 4 is 21.9 Å². The molecule has 0 atom stereocenters. The summed E-state index contributed by atoms with van der Waals surface area (Å²) in [5.41, 5.74) is 5.54. The van der Waals surface area contributed by atoms with E-state index in [-0.39, 0.29) is 5.97 Å². The first kappa shape index (κ1) is 15.3. The van der Waals surface area contributed by atoms with Crippen LogP contribution >= 0.6 is 15.9 Å². The van der Waals surface area contributed by atoms with Crippen molar-refractivity contribution in [2.24, 2.45) is 0 Å². The van der Waals surface area contributed by atoms with Gasteiger partial charge < -0.3 is 4.74 Å². The predicted molar refractivity (Wildman–Crippen MR) is 92.0 cm³/mol. The maximum atomic E-state index is 12.0. The van der Waals surface area contributed by atoms with Crippen LogP contribution < -0.4 is 0 Å². The van der Waals surface area contributed by atoms with Crippen molar-refractivity contribution < 1.29 is 9.53 Å². The van der Waals surface area contributed by atoms with Gasteiger partial charge in [0.25, 0.3) is 0 Å². The molecule has 1 aliphatic carbocycles. The number of carbonyl (C=O) groups excluding carboxylic acids is 1. The molecule has 0 N–H and O–H groups in total. The Balaban J connectivity index is 1.96. The highest BCUT2D eigenvalue weighted by atomic mass is 79.9. The highest BCUT2D eigenvalue weighted by Crippen LogP contribution is 2.49. The SMILES string of the molecule is COC(=O)C1(c2ccc(-c3cc(C)c(Br)cc3C)cc2)CC1. The van der Waals surface area contributed by atoms with Crippen LogP contribution in [-0.4, -0.2) is 13.1 Å². The van der Waals surface area contributed by atoms with Gasteiger partial charge in [-0.25, -0.2) is 0 Å². The van der Waals surface area contributed by atoms with Crippen molar-refractivity contribution in [3.8, 4) is 11.1 Å². The van der Waals surface area contributed by atoms with Crippen molar-refractivity contribution in [2.75, 3.05) is 7.11 Å². The minimum Gasteiger partial charge on any atom is -0.468 e. The maximum Gasteiger partial charge on any atom is 0.316 e. The van der Waals surface area contributed by atoms with E-state index in [1.165, 1.54) is 29.4 Å². The summed E-state index contributed by atoms with van der Waals surface area (Å²) in [6.45, 7) is 4.21. The van der Waals surface area contributed by atoms with Crippen molar-refractivity contribution in [1.82, 2.24) is 0 Å². The number of esters is 1. The molecule has 0 spiro atoms. The van der Waals surface area contributed by atoms with E-state index in [9.17, 15) is 4.79 Å². The van der Waals surface area contributed by atoms with E-state index >= 15 is 0 Å². The number of aryl methyl sites for hydroxylation is 2. The zero-order valence-electron chi connectivity index (χ0n) is 13.1. The first-order chi connectivity index (χ1) is 10.5. The molecule has 2 aromatic carbocycles. The summed E-state index contributed by atoms with van der Waals surface area (Å²) < 4.78 is 6.08. The molecular formula is C19H19BrO2. The fraction of sp³-hybridized carbons (Fsp3) is 0.316. The van der Waals surface area contributed by atoms with Gasteiger partial charge in [-0.1, -0.05) is 46.3 Å². The molecule has 0 radical (unpaired) electrons. The monoisotopic (exact) mass is 358 g/mol. The van der Waals surface area contributed by atoms with Gasteiger partial charge in [-0.2, -0.15) is 0 Å². The van der Waals surface area contributed by atoms with Gasteiger partial charge in [-0.15, -0.1) is 0 Å². The number of hydrogen-bond donors (Lipinski definition) is 0. The average molecular weight is 359 g/mol. The molecule has 0 saturated heterocycles. The van der Waals surface area contributed by atoms with Crippen LogP contribution in [0, 0.1) is 13.8 Å². The zero-order chi connectivity index (χ0) is 15.9. The van der Waals surface area contributed by atoms with Crippen LogP contribution in [0.1, 0.15) is 29.5 Å². The molecule has 1 fully saturated rings. The third-order valence-corrected chi connectivity index (χ3v) is 5.43. The number of carbonyl (C=O) groups is 1. The lowest BCUT2D eigenvalue weighted by molar-refractivity contribution is -0.143. The van der Waals surface area contributed by atoms with E-state index in [0.717, 1.165) is 22.9 Å². The van der Waals surface area contributed by atoms with Crippen LogP contribution in [-0.2, 0) is 14.9 Å². The lowest BCUT2D eigenvalue weighted by Gasteiger charge is -2.14. The van der Waals surface area contributed by atoms with Crippen LogP contribution in [0.4, 0.5) is 0 Å². The molecule has 2 nitrogen and oxygen atoms in total. The van der Waals surface area contributed by atoms with Crippen molar-refractivity contribution in [1.29, 1.82) is 0 Å². The van der Waals surface area contributed by atoms with Crippen molar-refractivity contribution in [3.05, 3.63) is 57.6 Å². The lowest BCUT2D eigenvalue weighted by Crippen LogP contribution is -2.21. The molecule has 3 heteroatoms. The van der Waals surface area contributed by atoms with Gasteiger partial charge in [0.1, 0.15) is 0 Å². The van der Waals surface area contributed by atoms with Gasteiger partial charge in [0.05, 0.1) is 12.5 Å². The van der Waals surface area contributed by atoms with E-state index in [2.05, 4.69) is 66.2 Å². The van der Waals surface area contributed by atoms with E-state index in [1.807, 2.05) is 0 Å². The number of ether oxygens (including phenoxy) is 1. The molecule has 22 heavy (non-hydrogen) atoms. The third kappa shape index (κ3) is 2.48. The third-order valence-electron chi connectivity index (χ3n) is 4.58. The van der Waals surface area contributed by atoms with Crippen LogP contribution in [0.25, 0.3) is 11.1 Å². The fourth-order valence-corrected chi connectivity index (χ4v) is 3.45. The Kier molecular flexibility index (Phi) is 3.85. The summed E-state index contributed by atoms with van der Waals surface area (Å²) in [4.78, 5) is 12.0. The number of methoxy groups -OCH3 is 1. The highest BCUT2D eigenvalue weighted by Gasteiger charge is 2.52. The van der Waals surface area contributed by atoms with E-state index in [4.69, 9.17) is 4.74 Å². The van der Waals surface area contributed by atoms with Crippen LogP contribution in [0.15, 0.2) is 40.9 Å². The van der Waals surface area contributed by atoms with Crippen LogP contribution in [0.3, 0.4) is 0 Å². The number of rotatable bonds is 3. The van der Waals surface area contributed by atoms with Crippen molar-refractivity contribution in [2.45, 2.75) is 32.1 Å². The number of benzene rings is 2. The second kappa shape index (κ2) is 5.54. The summed E-state index contributed by atoms with van der Waals surface area (Å²) in [5, 5.41) is 0. The predicted octanol–water partition coefficient (Wildman–Crippen LogP) is 4.94. The standard InChI is InChI=1S/C19H19BrO2/c1-12-11-17(20)13(2)10-16(12)14-4-6-15(7-5-14)19(8-9-19)18(21)22-3/h4-7,10-11H,8-9H2,1-3H3. The fourth-order valence-electron chi connectivity index (χ4n) is 2.99. The summed E-state index contributed by atoms with van der Waals surface area (Å²) >= 11 is 3.57. The second-order valence-corrected chi connectivity index (χ2v) is 6.92. The lowest BCUT2D eigenvalue weighted by atomic mass is 9.92. The highest BCUT2D eigenvalue weighted by molar-refractivity contribution is 9.10. The Hall–Kier alpha value is -1.61. The first-order valence-corrected chi connectivity index (χ1v) is 8.23. The summed E-state index contributed by atoms with van der Waals surface area (Å²) in [6.07, 6.45) is 1.77. The summed E-state index contributed by atoms with van der Waals surface area (Å²) in [7, 11) is 1.46. The largest absolute Gasteiger partial charge is 0.468 e. The molecule has 2 aromatic rings.